The molecule has 1 aromatic rings. The molecule has 7 heteroatoms. The number of rotatable bonds is 1. The van der Waals surface area contributed by atoms with Crippen LogP contribution in [-0.4, -0.2) is 11.8 Å². The van der Waals surface area contributed by atoms with E-state index in [2.05, 4.69) is 4.74 Å². The Morgan fingerprint density at radius 2 is 2.09 bits per heavy atom. The molecular weight excluding hydrogens is 152 g/mol. The van der Waals surface area contributed by atoms with Crippen LogP contribution in [0.3, 0.4) is 0 Å². The van der Waals surface area contributed by atoms with Gasteiger partial charge in [-0.25, -0.2) is 9.46 Å². The number of methoxy groups -OCH3 is 1. The number of hydrogen-bond donors (Lipinski definition) is 2. The van der Waals surface area contributed by atoms with E-state index in [-0.39, 0.29) is 21.2 Å². The van der Waals surface area contributed by atoms with E-state index < -0.39 is 5.95 Å². The second-order valence-corrected chi connectivity index (χ2v) is 1.84. The van der Waals surface area contributed by atoms with Gasteiger partial charge in [-0.2, -0.15) is 0 Å². The number of ether oxygens (including phenoxy) is 1. The van der Waals surface area contributed by atoms with Crippen molar-refractivity contribution in [3.8, 4) is 5.88 Å². The summed E-state index contributed by atoms with van der Waals surface area (Å²) in [6.07, 6.45) is 0. The molecule has 0 unspecified atom stereocenters. The van der Waals surface area contributed by atoms with Gasteiger partial charge in [0.25, 0.3) is 0 Å². The lowest BCUT2D eigenvalue weighted by molar-refractivity contribution is -0.595. The van der Waals surface area contributed by atoms with Gasteiger partial charge in [0, 0.05) is 0 Å². The molecule has 0 spiro atoms. The number of nitrogen functional groups attached to an aromatic ring is 2. The molecule has 0 fully saturated rings. The van der Waals surface area contributed by atoms with Gasteiger partial charge >= 0.3 is 11.8 Å². The first-order chi connectivity index (χ1) is 5.09. The summed E-state index contributed by atoms with van der Waals surface area (Å²) in [6.45, 7) is 0. The third-order valence-corrected chi connectivity index (χ3v) is 1.23. The summed E-state index contributed by atoms with van der Waals surface area (Å²) in [6, 6.07) is 0. The van der Waals surface area contributed by atoms with Crippen LogP contribution in [0.25, 0.3) is 0 Å². The molecule has 0 saturated heterocycles. The van der Waals surface area contributed by atoms with Crippen LogP contribution in [0.4, 0.5) is 11.8 Å². The van der Waals surface area contributed by atoms with Gasteiger partial charge in [-0.15, -0.1) is 0 Å². The second-order valence-electron chi connectivity index (χ2n) is 1.84. The van der Waals surface area contributed by atoms with E-state index in [0.29, 0.717) is 0 Å². The molecule has 0 atom stereocenters. The van der Waals surface area contributed by atoms with E-state index in [1.165, 1.54) is 7.11 Å². The Morgan fingerprint density at radius 3 is 2.27 bits per heavy atom. The molecule has 4 N–H and O–H groups in total. The second kappa shape index (κ2) is 2.11. The third-order valence-electron chi connectivity index (χ3n) is 1.23. The maximum atomic E-state index is 10.8. The van der Waals surface area contributed by atoms with Crippen LogP contribution < -0.4 is 20.9 Å². The number of anilines is 2. The summed E-state index contributed by atoms with van der Waals surface area (Å²) in [5.41, 5.74) is 10.2. The SMILES string of the molecule is COc1c(N)n([O-])c(N)[n+]1[O-]. The Morgan fingerprint density at radius 1 is 1.55 bits per heavy atom. The average Bonchev–Trinajstić information content (AvgIpc) is 2.17. The van der Waals surface area contributed by atoms with Crippen LogP contribution in [0.1, 0.15) is 0 Å². The minimum atomic E-state index is -0.542. The normalized spacial score (nSPS) is 9.91. The molecule has 0 saturated carbocycles. The van der Waals surface area contributed by atoms with Crippen LogP contribution in [0.15, 0.2) is 0 Å². The largest absolute Gasteiger partial charge is 0.739 e. The van der Waals surface area contributed by atoms with Gasteiger partial charge in [-0.05, 0) is 0 Å². The molecule has 0 aliphatic carbocycles. The highest BCUT2D eigenvalue weighted by molar-refractivity contribution is 5.44. The maximum Gasteiger partial charge on any atom is 0.360 e. The molecule has 1 heterocycles. The van der Waals surface area contributed by atoms with Crippen molar-refractivity contribution in [3.05, 3.63) is 10.4 Å². The first-order valence-electron chi connectivity index (χ1n) is 2.70. The number of hydrogen-bond acceptors (Lipinski definition) is 5. The summed E-state index contributed by atoms with van der Waals surface area (Å²) < 4.78 is 4.73. The Balaban J connectivity index is 3.36. The van der Waals surface area contributed by atoms with Crippen molar-refractivity contribution in [3.63, 3.8) is 0 Å². The molecule has 0 aliphatic heterocycles. The third kappa shape index (κ3) is 0.775. The quantitative estimate of drug-likeness (QED) is 0.387. The van der Waals surface area contributed by atoms with Crippen molar-refractivity contribution in [2.45, 2.75) is 0 Å². The van der Waals surface area contributed by atoms with Gasteiger partial charge in [0.05, 0.1) is 7.11 Å². The van der Waals surface area contributed by atoms with Gasteiger partial charge in [0.2, 0.25) is 5.82 Å². The fourth-order valence-corrected chi connectivity index (χ4v) is 0.688. The Labute approximate surface area is 61.9 Å². The summed E-state index contributed by atoms with van der Waals surface area (Å²) in [5, 5.41) is 21.5. The zero-order chi connectivity index (χ0) is 8.59. The van der Waals surface area contributed by atoms with Crippen molar-refractivity contribution in [2.75, 3.05) is 18.6 Å². The smallest absolute Gasteiger partial charge is 0.360 e. The summed E-state index contributed by atoms with van der Waals surface area (Å²) in [5.74, 6) is -1.16. The number of imidazole rings is 1. The summed E-state index contributed by atoms with van der Waals surface area (Å²) >= 11 is 0. The molecule has 62 valence electrons. The minimum Gasteiger partial charge on any atom is -0.739 e. The van der Waals surface area contributed by atoms with E-state index in [0.717, 1.165) is 0 Å². The predicted octanol–water partition coefficient (Wildman–Crippen LogP) is -1.36. The monoisotopic (exact) mass is 159 g/mol. The van der Waals surface area contributed by atoms with Gasteiger partial charge < -0.3 is 20.9 Å². The van der Waals surface area contributed by atoms with Crippen LogP contribution in [0.2, 0.25) is 0 Å². The van der Waals surface area contributed by atoms with Crippen LogP contribution in [0.5, 0.6) is 5.88 Å². The number of nitrogens with zero attached hydrogens (tertiary/aromatic N) is 2. The average molecular weight is 159 g/mol. The lowest BCUT2D eigenvalue weighted by Crippen LogP contribution is -2.30. The summed E-state index contributed by atoms with van der Waals surface area (Å²) in [7, 11) is 1.22. The zero-order valence-corrected chi connectivity index (χ0v) is 5.77. The fraction of sp³-hybridized carbons (Fsp3) is 0.250. The molecular formula is C4H7N4O3-. The van der Waals surface area contributed by atoms with Gasteiger partial charge in [0.1, 0.15) is 0 Å². The first kappa shape index (κ1) is 7.32. The standard InChI is InChI=1S/C4H7N4O3/c1-11-3-2(5)7(9)4(6)8(3)10/h5-6H2,1H3/q-1. The van der Waals surface area contributed by atoms with E-state index in [4.69, 9.17) is 11.5 Å². The Kier molecular flexibility index (Phi) is 1.41. The molecule has 1 rings (SSSR count). The van der Waals surface area contributed by atoms with Gasteiger partial charge in [-0.1, -0.05) is 0 Å². The number of nitrogens with two attached hydrogens (primary N) is 2. The minimum absolute atomic E-state index is 0.103. The molecule has 11 heavy (non-hydrogen) atoms. The van der Waals surface area contributed by atoms with Crippen molar-refractivity contribution in [2.24, 2.45) is 0 Å². The maximum absolute atomic E-state index is 10.8. The van der Waals surface area contributed by atoms with Crippen LogP contribution in [0, 0.1) is 10.4 Å². The van der Waals surface area contributed by atoms with E-state index >= 15 is 0 Å². The van der Waals surface area contributed by atoms with E-state index in [1.807, 2.05) is 0 Å². The lowest BCUT2D eigenvalue weighted by Gasteiger charge is -2.03. The van der Waals surface area contributed by atoms with Crippen molar-refractivity contribution in [1.29, 1.82) is 0 Å². The molecule has 0 aromatic carbocycles. The highest BCUT2D eigenvalue weighted by Crippen LogP contribution is 2.18. The van der Waals surface area contributed by atoms with Crippen LogP contribution >= 0.6 is 0 Å². The topological polar surface area (TPSA) is 116 Å². The Hall–Kier alpha value is -1.79. The first-order valence-corrected chi connectivity index (χ1v) is 2.70. The zero-order valence-electron chi connectivity index (χ0n) is 5.77. The summed E-state index contributed by atoms with van der Waals surface area (Å²) in [4.78, 5) is 0. The fourth-order valence-electron chi connectivity index (χ4n) is 0.688. The van der Waals surface area contributed by atoms with Crippen molar-refractivity contribution >= 4 is 11.8 Å². The predicted molar refractivity (Wildman–Crippen MR) is 37.5 cm³/mol. The lowest BCUT2D eigenvalue weighted by atomic mass is 10.7. The van der Waals surface area contributed by atoms with Crippen molar-refractivity contribution in [1.82, 2.24) is 4.73 Å². The molecule has 0 radical (unpaired) electrons. The molecule has 0 amide bonds. The molecule has 1 aromatic heterocycles. The highest BCUT2D eigenvalue weighted by atomic mass is 16.6. The molecule has 7 nitrogen and oxygen atoms in total. The van der Waals surface area contributed by atoms with Gasteiger partial charge in [0.15, 0.2) is 0 Å². The van der Waals surface area contributed by atoms with Gasteiger partial charge in [-0.3, -0.25) is 5.73 Å². The van der Waals surface area contributed by atoms with E-state index in [9.17, 15) is 10.4 Å². The van der Waals surface area contributed by atoms with Crippen molar-refractivity contribution < 1.29 is 9.47 Å². The highest BCUT2D eigenvalue weighted by Gasteiger charge is 2.16. The van der Waals surface area contributed by atoms with Crippen LogP contribution in [-0.2, 0) is 0 Å². The van der Waals surface area contributed by atoms with E-state index in [1.54, 1.807) is 0 Å². The molecule has 0 aliphatic rings. The number of aromatic nitrogens is 2. The Bertz CT molecular complexity index is 256. The molecule has 0 bridgehead atoms.